The van der Waals surface area contributed by atoms with E-state index in [0.29, 0.717) is 5.69 Å². The van der Waals surface area contributed by atoms with Crippen LogP contribution in [0.5, 0.6) is 0 Å². The van der Waals surface area contributed by atoms with Gasteiger partial charge in [0.25, 0.3) is 5.91 Å². The van der Waals surface area contributed by atoms with E-state index >= 15 is 0 Å². The number of aromatic nitrogens is 2. The molecule has 0 atom stereocenters. The molecule has 0 unspecified atom stereocenters. The summed E-state index contributed by atoms with van der Waals surface area (Å²) in [7, 11) is 0. The highest BCUT2D eigenvalue weighted by Gasteiger charge is 2.22. The highest BCUT2D eigenvalue weighted by molar-refractivity contribution is 5.95. The minimum absolute atomic E-state index is 0.216. The molecule has 0 aliphatic heterocycles. The number of nitrogens with zero attached hydrogens (tertiary/aromatic N) is 2. The van der Waals surface area contributed by atoms with E-state index in [1.807, 2.05) is 13.8 Å². The average molecular weight is 220 g/mol. The van der Waals surface area contributed by atoms with Gasteiger partial charge in [-0.25, -0.2) is 5.43 Å². The number of hydrogen-bond donors (Lipinski definition) is 2. The predicted molar refractivity (Wildman–Crippen MR) is 61.5 cm³/mol. The third kappa shape index (κ3) is 1.98. The van der Waals surface area contributed by atoms with E-state index in [1.165, 1.54) is 0 Å². The number of rotatable bonds is 3. The summed E-state index contributed by atoms with van der Waals surface area (Å²) in [6.45, 7) is 3.88. The van der Waals surface area contributed by atoms with Crippen molar-refractivity contribution in [2.75, 3.05) is 0 Å². The zero-order valence-corrected chi connectivity index (χ0v) is 9.63. The number of amides is 1. The van der Waals surface area contributed by atoms with Crippen LogP contribution in [0, 0.1) is 0 Å². The Bertz CT molecular complexity index is 433. The Kier molecular flexibility index (Phi) is 3.03. The van der Waals surface area contributed by atoms with E-state index in [9.17, 15) is 4.79 Å². The lowest BCUT2D eigenvalue weighted by Crippen LogP contribution is -2.20. The monoisotopic (exact) mass is 220 g/mol. The molecule has 5 nitrogen and oxygen atoms in total. The second-order valence-electron chi connectivity index (χ2n) is 4.02. The van der Waals surface area contributed by atoms with Gasteiger partial charge in [-0.15, -0.1) is 0 Å². The van der Waals surface area contributed by atoms with Gasteiger partial charge in [0.1, 0.15) is 0 Å². The molecule has 0 saturated heterocycles. The van der Waals surface area contributed by atoms with Gasteiger partial charge >= 0.3 is 0 Å². The van der Waals surface area contributed by atoms with E-state index in [1.54, 1.807) is 0 Å². The Hall–Kier alpha value is -1.65. The number of carbonyl (C=O) groups excluding carboxylic acids is 1. The molecule has 2 rings (SSSR count). The third-order valence-electron chi connectivity index (χ3n) is 2.88. The molecule has 0 spiro atoms. The van der Waals surface area contributed by atoms with Crippen molar-refractivity contribution in [1.29, 1.82) is 0 Å². The van der Waals surface area contributed by atoms with Crippen molar-refractivity contribution in [3.05, 3.63) is 17.0 Å². The number of aromatic amines is 1. The molecule has 1 heterocycles. The highest BCUT2D eigenvalue weighted by atomic mass is 16.2. The maximum absolute atomic E-state index is 11.8. The number of hydrazone groups is 1. The lowest BCUT2D eigenvalue weighted by Gasteiger charge is -1.99. The maximum Gasteiger partial charge on any atom is 0.292 e. The molecule has 0 saturated carbocycles. The fraction of sp³-hybridized carbons (Fsp3) is 0.545. The highest BCUT2D eigenvalue weighted by Crippen LogP contribution is 2.22. The molecule has 0 bridgehead atoms. The Morgan fingerprint density at radius 3 is 3.12 bits per heavy atom. The first kappa shape index (κ1) is 10.9. The van der Waals surface area contributed by atoms with Crippen molar-refractivity contribution in [3.63, 3.8) is 0 Å². The van der Waals surface area contributed by atoms with Crippen molar-refractivity contribution in [2.24, 2.45) is 5.10 Å². The third-order valence-corrected chi connectivity index (χ3v) is 2.88. The second kappa shape index (κ2) is 4.47. The quantitative estimate of drug-likeness (QED) is 0.597. The van der Waals surface area contributed by atoms with Crippen LogP contribution in [0.2, 0.25) is 0 Å². The van der Waals surface area contributed by atoms with Crippen molar-refractivity contribution in [1.82, 2.24) is 15.6 Å². The summed E-state index contributed by atoms with van der Waals surface area (Å²) < 4.78 is 0. The van der Waals surface area contributed by atoms with Crippen LogP contribution in [0.3, 0.4) is 0 Å². The Morgan fingerprint density at radius 1 is 1.56 bits per heavy atom. The first-order valence-electron chi connectivity index (χ1n) is 5.62. The summed E-state index contributed by atoms with van der Waals surface area (Å²) in [5.74, 6) is -0.216. The summed E-state index contributed by atoms with van der Waals surface area (Å²) in [5.41, 5.74) is 6.09. The van der Waals surface area contributed by atoms with E-state index in [2.05, 4.69) is 20.7 Å². The zero-order chi connectivity index (χ0) is 11.5. The van der Waals surface area contributed by atoms with E-state index in [4.69, 9.17) is 0 Å². The summed E-state index contributed by atoms with van der Waals surface area (Å²) in [4.78, 5) is 11.8. The second-order valence-corrected chi connectivity index (χ2v) is 4.02. The number of fused-ring (bicyclic) bond motifs is 1. The molecule has 0 radical (unpaired) electrons. The topological polar surface area (TPSA) is 70.1 Å². The Morgan fingerprint density at radius 2 is 2.38 bits per heavy atom. The first-order chi connectivity index (χ1) is 7.72. The van der Waals surface area contributed by atoms with Crippen molar-refractivity contribution in [3.8, 4) is 0 Å². The molecular formula is C11H16N4O. The zero-order valence-electron chi connectivity index (χ0n) is 9.63. The SMILES string of the molecule is CC/C(C)=N\NC(=O)c1n[nH]c2c1CCC2. The number of carbonyl (C=O) groups is 1. The molecule has 0 aromatic carbocycles. The molecule has 1 aliphatic carbocycles. The maximum atomic E-state index is 11.8. The number of hydrogen-bond acceptors (Lipinski definition) is 3. The lowest BCUT2D eigenvalue weighted by molar-refractivity contribution is 0.0949. The minimum atomic E-state index is -0.216. The minimum Gasteiger partial charge on any atom is -0.281 e. The number of nitrogens with one attached hydrogen (secondary N) is 2. The van der Waals surface area contributed by atoms with Crippen LogP contribution in [0.25, 0.3) is 0 Å². The van der Waals surface area contributed by atoms with Crippen LogP contribution in [0.15, 0.2) is 5.10 Å². The first-order valence-corrected chi connectivity index (χ1v) is 5.62. The lowest BCUT2D eigenvalue weighted by atomic mass is 10.2. The van der Waals surface area contributed by atoms with Crippen LogP contribution >= 0.6 is 0 Å². The van der Waals surface area contributed by atoms with Gasteiger partial charge in [-0.3, -0.25) is 9.89 Å². The predicted octanol–water partition coefficient (Wildman–Crippen LogP) is 1.41. The van der Waals surface area contributed by atoms with Crippen LogP contribution < -0.4 is 5.43 Å². The summed E-state index contributed by atoms with van der Waals surface area (Å²) in [6, 6.07) is 0. The molecule has 2 N–H and O–H groups in total. The van der Waals surface area contributed by atoms with Gasteiger partial charge in [-0.05, 0) is 32.6 Å². The molecule has 1 aromatic heterocycles. The smallest absolute Gasteiger partial charge is 0.281 e. The van der Waals surface area contributed by atoms with Crippen molar-refractivity contribution in [2.45, 2.75) is 39.5 Å². The molecular weight excluding hydrogens is 204 g/mol. The van der Waals surface area contributed by atoms with Gasteiger partial charge < -0.3 is 0 Å². The Balaban J connectivity index is 2.10. The van der Waals surface area contributed by atoms with Crippen LogP contribution in [-0.2, 0) is 12.8 Å². The molecule has 1 aromatic rings. The molecule has 86 valence electrons. The fourth-order valence-electron chi connectivity index (χ4n) is 1.79. The molecule has 1 aliphatic rings. The fourth-order valence-corrected chi connectivity index (χ4v) is 1.79. The molecule has 5 heteroatoms. The molecule has 1 amide bonds. The average Bonchev–Trinajstić information content (AvgIpc) is 2.86. The van der Waals surface area contributed by atoms with Crippen LogP contribution in [-0.4, -0.2) is 21.8 Å². The van der Waals surface area contributed by atoms with Crippen LogP contribution in [0.4, 0.5) is 0 Å². The van der Waals surface area contributed by atoms with Gasteiger partial charge in [-0.2, -0.15) is 10.2 Å². The van der Waals surface area contributed by atoms with Crippen molar-refractivity contribution < 1.29 is 4.79 Å². The van der Waals surface area contributed by atoms with E-state index in [0.717, 1.165) is 42.7 Å². The number of H-pyrrole nitrogens is 1. The normalized spacial score (nSPS) is 15.0. The van der Waals surface area contributed by atoms with Crippen molar-refractivity contribution >= 4 is 11.6 Å². The largest absolute Gasteiger partial charge is 0.292 e. The van der Waals surface area contributed by atoms with Crippen LogP contribution in [0.1, 0.15) is 48.4 Å². The molecule has 16 heavy (non-hydrogen) atoms. The Labute approximate surface area is 94.3 Å². The van der Waals surface area contributed by atoms with Gasteiger partial charge in [-0.1, -0.05) is 6.92 Å². The van der Waals surface area contributed by atoms with E-state index < -0.39 is 0 Å². The summed E-state index contributed by atoms with van der Waals surface area (Å²) in [5, 5.41) is 10.9. The van der Waals surface area contributed by atoms with Gasteiger partial charge in [0.2, 0.25) is 0 Å². The summed E-state index contributed by atoms with van der Waals surface area (Å²) >= 11 is 0. The molecule has 0 fully saturated rings. The number of aryl methyl sites for hydroxylation is 1. The van der Waals surface area contributed by atoms with Gasteiger partial charge in [0, 0.05) is 17.0 Å². The van der Waals surface area contributed by atoms with Gasteiger partial charge in [0.05, 0.1) is 0 Å². The van der Waals surface area contributed by atoms with Gasteiger partial charge in [0.15, 0.2) is 5.69 Å². The van der Waals surface area contributed by atoms with E-state index in [-0.39, 0.29) is 5.91 Å². The standard InChI is InChI=1S/C11H16N4O/c1-3-7(2)12-15-11(16)10-8-5-4-6-9(8)13-14-10/h3-6H2,1-2H3,(H,13,14)(H,15,16)/b12-7-. The summed E-state index contributed by atoms with van der Waals surface area (Å²) in [6.07, 6.45) is 3.86.